The quantitative estimate of drug-likeness (QED) is 0.673. The molecule has 5 nitrogen and oxygen atoms in total. The number of halogens is 2. The molecule has 0 atom stereocenters. The van der Waals surface area contributed by atoms with Crippen LogP contribution in [0, 0.1) is 5.82 Å². The zero-order valence-corrected chi connectivity index (χ0v) is 12.3. The summed E-state index contributed by atoms with van der Waals surface area (Å²) in [6.07, 6.45) is 1.16. The van der Waals surface area contributed by atoms with Crippen molar-refractivity contribution in [2.75, 3.05) is 0 Å². The standard InChI is InChI=1S/C14H14ClFN4O/c1-8(2)12-6-13(19-18-12)14(21)20-17-7-9-10(15)4-3-5-11(9)16/h3-8H,1-2H3,(H,18,19)(H,20,21). The summed E-state index contributed by atoms with van der Waals surface area (Å²) in [5.41, 5.74) is 3.46. The molecule has 7 heteroatoms. The molecule has 110 valence electrons. The zero-order valence-electron chi connectivity index (χ0n) is 11.5. The van der Waals surface area contributed by atoms with Gasteiger partial charge in [0.25, 0.3) is 5.91 Å². The number of benzene rings is 1. The van der Waals surface area contributed by atoms with Crippen molar-refractivity contribution < 1.29 is 9.18 Å². The fourth-order valence-corrected chi connectivity index (χ4v) is 1.81. The number of aromatic amines is 1. The lowest BCUT2D eigenvalue weighted by Crippen LogP contribution is -2.18. The third-order valence-electron chi connectivity index (χ3n) is 2.81. The highest BCUT2D eigenvalue weighted by Crippen LogP contribution is 2.16. The maximum absolute atomic E-state index is 13.5. The molecular formula is C14H14ClFN4O. The molecule has 21 heavy (non-hydrogen) atoms. The minimum atomic E-state index is -0.512. The van der Waals surface area contributed by atoms with E-state index in [1.165, 1.54) is 18.2 Å². The second-order valence-corrected chi connectivity index (χ2v) is 5.10. The lowest BCUT2D eigenvalue weighted by atomic mass is 10.1. The molecule has 0 unspecified atom stereocenters. The number of hydrogen-bond donors (Lipinski definition) is 2. The second kappa shape index (κ2) is 6.49. The molecule has 2 aromatic rings. The lowest BCUT2D eigenvalue weighted by molar-refractivity contribution is 0.0950. The van der Waals surface area contributed by atoms with Gasteiger partial charge in [0.2, 0.25) is 0 Å². The Hall–Kier alpha value is -2.21. The van der Waals surface area contributed by atoms with Crippen LogP contribution in [0.2, 0.25) is 5.02 Å². The SMILES string of the molecule is CC(C)c1cc(C(=O)NN=Cc2c(F)cccc2Cl)n[nH]1. The minimum absolute atomic E-state index is 0.115. The number of nitrogens with zero attached hydrogens (tertiary/aromatic N) is 2. The van der Waals surface area contributed by atoms with E-state index in [9.17, 15) is 9.18 Å². The molecule has 0 fully saturated rings. The summed E-state index contributed by atoms with van der Waals surface area (Å²) in [5, 5.41) is 10.6. The maximum Gasteiger partial charge on any atom is 0.291 e. The van der Waals surface area contributed by atoms with Gasteiger partial charge in [0.1, 0.15) is 5.82 Å². The molecule has 0 bridgehead atoms. The average molecular weight is 309 g/mol. The molecule has 0 saturated carbocycles. The fraction of sp³-hybridized carbons (Fsp3) is 0.214. The van der Waals surface area contributed by atoms with Gasteiger partial charge in [-0.1, -0.05) is 31.5 Å². The summed E-state index contributed by atoms with van der Waals surface area (Å²) in [6, 6.07) is 5.93. The van der Waals surface area contributed by atoms with Crippen LogP contribution < -0.4 is 5.43 Å². The van der Waals surface area contributed by atoms with E-state index in [4.69, 9.17) is 11.6 Å². The number of rotatable bonds is 4. The van der Waals surface area contributed by atoms with Crippen molar-refractivity contribution in [3.63, 3.8) is 0 Å². The Morgan fingerprint density at radius 1 is 1.52 bits per heavy atom. The van der Waals surface area contributed by atoms with E-state index in [2.05, 4.69) is 20.7 Å². The van der Waals surface area contributed by atoms with Gasteiger partial charge in [0, 0.05) is 11.3 Å². The summed E-state index contributed by atoms with van der Waals surface area (Å²) >= 11 is 5.84. The number of aromatic nitrogens is 2. The summed E-state index contributed by atoms with van der Waals surface area (Å²) in [7, 11) is 0. The normalized spacial score (nSPS) is 11.3. The highest BCUT2D eigenvalue weighted by Gasteiger charge is 2.11. The van der Waals surface area contributed by atoms with Crippen molar-refractivity contribution in [3.05, 3.63) is 52.1 Å². The van der Waals surface area contributed by atoms with E-state index in [1.807, 2.05) is 13.8 Å². The Bertz CT molecular complexity index is 661. The van der Waals surface area contributed by atoms with Crippen molar-refractivity contribution in [2.45, 2.75) is 19.8 Å². The molecule has 0 aliphatic rings. The fourth-order valence-electron chi connectivity index (χ4n) is 1.60. The molecule has 1 amide bonds. The van der Waals surface area contributed by atoms with Gasteiger partial charge >= 0.3 is 0 Å². The monoisotopic (exact) mass is 308 g/mol. The molecule has 1 heterocycles. The molecular weight excluding hydrogens is 295 g/mol. The van der Waals surface area contributed by atoms with Crippen LogP contribution in [0.5, 0.6) is 0 Å². The number of nitrogens with one attached hydrogen (secondary N) is 2. The first-order chi connectivity index (χ1) is 9.99. The molecule has 0 radical (unpaired) electrons. The highest BCUT2D eigenvalue weighted by molar-refractivity contribution is 6.33. The van der Waals surface area contributed by atoms with Crippen molar-refractivity contribution in [1.29, 1.82) is 0 Å². The van der Waals surface area contributed by atoms with E-state index >= 15 is 0 Å². The van der Waals surface area contributed by atoms with Crippen LogP contribution in [0.3, 0.4) is 0 Å². The van der Waals surface area contributed by atoms with Crippen LogP contribution in [-0.4, -0.2) is 22.3 Å². The third kappa shape index (κ3) is 3.66. The lowest BCUT2D eigenvalue weighted by Gasteiger charge is -1.99. The molecule has 2 N–H and O–H groups in total. The van der Waals surface area contributed by atoms with E-state index in [0.29, 0.717) is 0 Å². The second-order valence-electron chi connectivity index (χ2n) is 4.70. The van der Waals surface area contributed by atoms with Gasteiger partial charge in [-0.2, -0.15) is 10.2 Å². The van der Waals surface area contributed by atoms with Crippen molar-refractivity contribution >= 4 is 23.7 Å². The maximum atomic E-state index is 13.5. The number of hydrazone groups is 1. The van der Waals surface area contributed by atoms with E-state index < -0.39 is 11.7 Å². The molecule has 1 aromatic heterocycles. The molecule has 1 aromatic carbocycles. The van der Waals surface area contributed by atoms with Crippen molar-refractivity contribution in [1.82, 2.24) is 15.6 Å². The predicted octanol–water partition coefficient (Wildman–Crippen LogP) is 3.09. The van der Waals surface area contributed by atoms with Crippen LogP contribution in [0.1, 0.15) is 41.5 Å². The van der Waals surface area contributed by atoms with Crippen molar-refractivity contribution in [3.8, 4) is 0 Å². The Labute approximate surface area is 126 Å². The number of carbonyl (C=O) groups is 1. The third-order valence-corrected chi connectivity index (χ3v) is 3.14. The number of hydrogen-bond acceptors (Lipinski definition) is 3. The van der Waals surface area contributed by atoms with Crippen LogP contribution in [0.4, 0.5) is 4.39 Å². The topological polar surface area (TPSA) is 70.1 Å². The summed E-state index contributed by atoms with van der Waals surface area (Å²) in [6.45, 7) is 3.96. The Morgan fingerprint density at radius 3 is 2.90 bits per heavy atom. The number of amides is 1. The number of carbonyl (C=O) groups excluding carboxylic acids is 1. The number of H-pyrrole nitrogens is 1. The van der Waals surface area contributed by atoms with Gasteiger partial charge < -0.3 is 0 Å². The van der Waals surface area contributed by atoms with E-state index in [1.54, 1.807) is 6.07 Å². The molecule has 0 saturated heterocycles. The first kappa shape index (κ1) is 15.2. The average Bonchev–Trinajstić information content (AvgIpc) is 2.92. The summed E-state index contributed by atoms with van der Waals surface area (Å²) in [5.74, 6) is -0.760. The molecule has 0 spiro atoms. The largest absolute Gasteiger partial charge is 0.291 e. The highest BCUT2D eigenvalue weighted by atomic mass is 35.5. The summed E-state index contributed by atoms with van der Waals surface area (Å²) in [4.78, 5) is 11.8. The smallest absolute Gasteiger partial charge is 0.282 e. The van der Waals surface area contributed by atoms with Crippen LogP contribution in [0.15, 0.2) is 29.4 Å². The Balaban J connectivity index is 2.05. The van der Waals surface area contributed by atoms with Gasteiger partial charge in [0.15, 0.2) is 5.69 Å². The Morgan fingerprint density at radius 2 is 2.29 bits per heavy atom. The first-order valence-corrected chi connectivity index (χ1v) is 6.69. The molecule has 0 aliphatic carbocycles. The van der Waals surface area contributed by atoms with Gasteiger partial charge in [-0.25, -0.2) is 9.82 Å². The Kier molecular flexibility index (Phi) is 4.70. The van der Waals surface area contributed by atoms with Gasteiger partial charge in [0.05, 0.1) is 11.2 Å². The van der Waals surface area contributed by atoms with E-state index in [0.717, 1.165) is 11.9 Å². The first-order valence-electron chi connectivity index (χ1n) is 6.31. The van der Waals surface area contributed by atoms with Gasteiger partial charge in [-0.05, 0) is 24.1 Å². The summed E-state index contributed by atoms with van der Waals surface area (Å²) < 4.78 is 13.5. The zero-order chi connectivity index (χ0) is 15.4. The van der Waals surface area contributed by atoms with E-state index in [-0.39, 0.29) is 22.2 Å². The van der Waals surface area contributed by atoms with Crippen molar-refractivity contribution in [2.24, 2.45) is 5.10 Å². The predicted molar refractivity (Wildman–Crippen MR) is 79.1 cm³/mol. The van der Waals surface area contributed by atoms with Gasteiger partial charge in [-0.15, -0.1) is 0 Å². The van der Waals surface area contributed by atoms with Crippen LogP contribution in [-0.2, 0) is 0 Å². The molecule has 0 aliphatic heterocycles. The van der Waals surface area contributed by atoms with Crippen LogP contribution in [0.25, 0.3) is 0 Å². The molecule has 2 rings (SSSR count). The van der Waals surface area contributed by atoms with Crippen LogP contribution >= 0.6 is 11.6 Å². The minimum Gasteiger partial charge on any atom is -0.282 e. The van der Waals surface area contributed by atoms with Gasteiger partial charge in [-0.3, -0.25) is 9.89 Å².